The van der Waals surface area contributed by atoms with Gasteiger partial charge in [0, 0.05) is 5.56 Å². The zero-order valence-corrected chi connectivity index (χ0v) is 6.84. The first kappa shape index (κ1) is 10.3. The summed E-state index contributed by atoms with van der Waals surface area (Å²) in [5.41, 5.74) is -0.971. The lowest BCUT2D eigenvalue weighted by Crippen LogP contribution is -1.98. The van der Waals surface area contributed by atoms with Crippen molar-refractivity contribution in [2.45, 2.75) is 12.8 Å². The normalized spacial score (nSPS) is 10.2. The van der Waals surface area contributed by atoms with Crippen LogP contribution in [0.25, 0.3) is 0 Å². The van der Waals surface area contributed by atoms with E-state index in [1.807, 2.05) is 0 Å². The molecule has 1 heterocycles. The van der Waals surface area contributed by atoms with Gasteiger partial charge in [-0.3, -0.25) is 0 Å². The molecule has 1 rings (SSSR count). The first-order valence-electron chi connectivity index (χ1n) is 3.59. The van der Waals surface area contributed by atoms with Gasteiger partial charge in [-0.1, -0.05) is 0 Å². The Balaban J connectivity index is 3.22. The quantitative estimate of drug-likeness (QED) is 0.745. The summed E-state index contributed by atoms with van der Waals surface area (Å²) in [6, 6.07) is 2.43. The molecule has 0 aliphatic carbocycles. The van der Waals surface area contributed by atoms with Gasteiger partial charge in [0.15, 0.2) is 5.75 Å². The Labute approximate surface area is 77.4 Å². The molecule has 0 aromatic carbocycles. The van der Waals surface area contributed by atoms with Crippen LogP contribution in [0.2, 0.25) is 0 Å². The lowest BCUT2D eigenvalue weighted by molar-refractivity contribution is 0.144. The van der Waals surface area contributed by atoms with Crippen LogP contribution in [0.3, 0.4) is 0 Å². The molecule has 0 unspecified atom stereocenters. The van der Waals surface area contributed by atoms with Crippen LogP contribution in [0.5, 0.6) is 5.75 Å². The maximum absolute atomic E-state index is 12.7. The van der Waals surface area contributed by atoms with E-state index < -0.39 is 23.8 Å². The van der Waals surface area contributed by atoms with E-state index in [1.54, 1.807) is 6.07 Å². The van der Waals surface area contributed by atoms with Crippen LogP contribution < -0.4 is 0 Å². The molecule has 0 spiro atoms. The van der Waals surface area contributed by atoms with Gasteiger partial charge in [-0.15, -0.1) is 0 Å². The summed E-state index contributed by atoms with van der Waals surface area (Å²) in [7, 11) is 0. The third-order valence-corrected chi connectivity index (χ3v) is 1.54. The zero-order chi connectivity index (χ0) is 10.7. The molecule has 0 saturated carbocycles. The molecule has 74 valence electrons. The van der Waals surface area contributed by atoms with Crippen molar-refractivity contribution < 1.29 is 18.3 Å². The number of alkyl halides is 2. The molecule has 0 amide bonds. The minimum absolute atomic E-state index is 0.185. The number of hydrogen-bond donors (Lipinski definition) is 1. The molecule has 0 radical (unpaired) electrons. The van der Waals surface area contributed by atoms with E-state index in [1.165, 1.54) is 0 Å². The van der Waals surface area contributed by atoms with Crippen LogP contribution in [0.15, 0.2) is 6.07 Å². The highest BCUT2D eigenvalue weighted by Gasteiger charge is 2.16. The molecule has 6 heteroatoms. The number of aromatic nitrogens is 1. The Bertz CT molecular complexity index is 387. The van der Waals surface area contributed by atoms with Crippen molar-refractivity contribution in [2.24, 2.45) is 0 Å². The largest absolute Gasteiger partial charge is 0.503 e. The van der Waals surface area contributed by atoms with Gasteiger partial charge >= 0.3 is 0 Å². The van der Waals surface area contributed by atoms with Crippen LogP contribution in [0.1, 0.15) is 17.7 Å². The summed E-state index contributed by atoms with van der Waals surface area (Å²) in [6.07, 6.45) is -3.27. The zero-order valence-electron chi connectivity index (χ0n) is 6.84. The van der Waals surface area contributed by atoms with Crippen molar-refractivity contribution in [3.63, 3.8) is 0 Å². The fourth-order valence-corrected chi connectivity index (χ4v) is 0.910. The second-order valence-electron chi connectivity index (χ2n) is 2.48. The Morgan fingerprint density at radius 2 is 2.21 bits per heavy atom. The minimum atomic E-state index is -2.93. The van der Waals surface area contributed by atoms with E-state index in [9.17, 15) is 13.2 Å². The summed E-state index contributed by atoms with van der Waals surface area (Å²) >= 11 is 0. The van der Waals surface area contributed by atoms with Crippen molar-refractivity contribution in [3.8, 4) is 11.8 Å². The monoisotopic (exact) mass is 202 g/mol. The second-order valence-corrected chi connectivity index (χ2v) is 2.48. The highest BCUT2D eigenvalue weighted by atomic mass is 19.3. The molecule has 0 bridgehead atoms. The molecule has 0 aliphatic rings. The minimum Gasteiger partial charge on any atom is -0.503 e. The molecule has 0 fully saturated rings. The first-order chi connectivity index (χ1) is 6.56. The fourth-order valence-electron chi connectivity index (χ4n) is 0.910. The van der Waals surface area contributed by atoms with E-state index >= 15 is 0 Å². The molecule has 1 N–H and O–H groups in total. The predicted molar refractivity (Wildman–Crippen MR) is 40.1 cm³/mol. The highest BCUT2D eigenvalue weighted by molar-refractivity contribution is 5.34. The van der Waals surface area contributed by atoms with Crippen LogP contribution in [-0.2, 0) is 6.42 Å². The van der Waals surface area contributed by atoms with Gasteiger partial charge in [0.1, 0.15) is 5.69 Å². The van der Waals surface area contributed by atoms with Crippen LogP contribution in [-0.4, -0.2) is 10.1 Å². The van der Waals surface area contributed by atoms with E-state index in [-0.39, 0.29) is 12.0 Å². The smallest absolute Gasteiger partial charge is 0.280 e. The summed E-state index contributed by atoms with van der Waals surface area (Å²) in [5, 5.41) is 17.3. The average Bonchev–Trinajstić information content (AvgIpc) is 2.12. The van der Waals surface area contributed by atoms with Gasteiger partial charge in [-0.2, -0.15) is 9.65 Å². The van der Waals surface area contributed by atoms with Gasteiger partial charge < -0.3 is 5.11 Å². The summed E-state index contributed by atoms with van der Waals surface area (Å²) in [6.45, 7) is 0. The van der Waals surface area contributed by atoms with E-state index in [2.05, 4.69) is 4.98 Å². The van der Waals surface area contributed by atoms with E-state index in [0.717, 1.165) is 6.07 Å². The van der Waals surface area contributed by atoms with Gasteiger partial charge in [-0.05, 0) is 6.07 Å². The van der Waals surface area contributed by atoms with Crippen molar-refractivity contribution in [3.05, 3.63) is 23.3 Å². The molecule has 14 heavy (non-hydrogen) atoms. The molecule has 3 nitrogen and oxygen atoms in total. The Hall–Kier alpha value is -1.77. The lowest BCUT2D eigenvalue weighted by atomic mass is 10.1. The molecule has 0 aliphatic heterocycles. The molecule has 0 saturated heterocycles. The van der Waals surface area contributed by atoms with Crippen LogP contribution in [0.4, 0.5) is 13.2 Å². The van der Waals surface area contributed by atoms with E-state index in [0.29, 0.717) is 0 Å². The third kappa shape index (κ3) is 1.93. The summed E-state index contributed by atoms with van der Waals surface area (Å²) in [4.78, 5) is 2.84. The summed E-state index contributed by atoms with van der Waals surface area (Å²) in [5.74, 6) is -2.23. The predicted octanol–water partition coefficient (Wildman–Crippen LogP) is 1.93. The van der Waals surface area contributed by atoms with Crippen LogP contribution in [0, 0.1) is 17.3 Å². The summed E-state index contributed by atoms with van der Waals surface area (Å²) < 4.78 is 36.9. The fraction of sp³-hybridized carbons (Fsp3) is 0.250. The Kier molecular flexibility index (Phi) is 2.92. The van der Waals surface area contributed by atoms with Crippen molar-refractivity contribution in [1.82, 2.24) is 4.98 Å². The Morgan fingerprint density at radius 3 is 2.71 bits per heavy atom. The highest BCUT2D eigenvalue weighted by Crippen LogP contribution is 2.25. The maximum atomic E-state index is 12.7. The number of halogens is 3. The number of hydrogen-bond acceptors (Lipinski definition) is 3. The molecule has 1 aromatic rings. The van der Waals surface area contributed by atoms with Crippen LogP contribution >= 0.6 is 0 Å². The lowest BCUT2D eigenvalue weighted by Gasteiger charge is -2.04. The molecular weight excluding hydrogens is 197 g/mol. The topological polar surface area (TPSA) is 56.9 Å². The SMILES string of the molecule is N#CCc1cc(C(F)F)nc(F)c1O. The average molecular weight is 202 g/mol. The number of aromatic hydroxyl groups is 1. The number of pyridine rings is 1. The third-order valence-electron chi connectivity index (χ3n) is 1.54. The first-order valence-corrected chi connectivity index (χ1v) is 3.59. The van der Waals surface area contributed by atoms with Crippen molar-refractivity contribution in [1.29, 1.82) is 5.26 Å². The maximum Gasteiger partial charge on any atom is 0.280 e. The van der Waals surface area contributed by atoms with Crippen molar-refractivity contribution in [2.75, 3.05) is 0 Å². The van der Waals surface area contributed by atoms with Gasteiger partial charge in [-0.25, -0.2) is 13.8 Å². The van der Waals surface area contributed by atoms with Gasteiger partial charge in [0.2, 0.25) is 0 Å². The molecular formula is C8H5F3N2O. The number of nitriles is 1. The number of nitrogens with zero attached hydrogens (tertiary/aromatic N) is 2. The van der Waals surface area contributed by atoms with Gasteiger partial charge in [0.25, 0.3) is 12.4 Å². The molecule has 0 atom stereocenters. The molecule has 1 aromatic heterocycles. The van der Waals surface area contributed by atoms with Crippen molar-refractivity contribution >= 4 is 0 Å². The Morgan fingerprint density at radius 1 is 1.57 bits per heavy atom. The standard InChI is InChI=1S/C8H5F3N2O/c9-7(10)5-3-4(1-2-12)6(14)8(11)13-5/h3,7,14H,1H2. The second kappa shape index (κ2) is 3.96. The number of rotatable bonds is 2. The van der Waals surface area contributed by atoms with Gasteiger partial charge in [0.05, 0.1) is 12.5 Å². The van der Waals surface area contributed by atoms with E-state index in [4.69, 9.17) is 10.4 Å².